The summed E-state index contributed by atoms with van der Waals surface area (Å²) >= 11 is 0. The van der Waals surface area contributed by atoms with Gasteiger partial charge in [0.15, 0.2) is 5.72 Å². The summed E-state index contributed by atoms with van der Waals surface area (Å²) in [6, 6.07) is -0.276. The molecule has 1 aromatic heterocycles. The van der Waals surface area contributed by atoms with Gasteiger partial charge in [0, 0.05) is 25.7 Å². The summed E-state index contributed by atoms with van der Waals surface area (Å²) in [6.07, 6.45) is 4.14. The first-order valence-corrected chi connectivity index (χ1v) is 7.91. The summed E-state index contributed by atoms with van der Waals surface area (Å²) in [4.78, 5) is 54.1. The molecule has 25 heavy (non-hydrogen) atoms. The van der Waals surface area contributed by atoms with E-state index in [-0.39, 0.29) is 42.0 Å². The van der Waals surface area contributed by atoms with Crippen LogP contribution < -0.4 is 5.56 Å². The number of hydrogen-bond donors (Lipinski definition) is 2. The van der Waals surface area contributed by atoms with E-state index in [2.05, 4.69) is 9.97 Å². The molecule has 2 N–H and O–H groups in total. The van der Waals surface area contributed by atoms with E-state index in [4.69, 9.17) is 14.6 Å². The highest BCUT2D eigenvalue weighted by Crippen LogP contribution is 2.45. The van der Waals surface area contributed by atoms with E-state index in [0.717, 1.165) is 12.6 Å². The lowest BCUT2D eigenvalue weighted by molar-refractivity contribution is -0.179. The second-order valence-corrected chi connectivity index (χ2v) is 5.96. The smallest absolute Gasteiger partial charge is 0.290 e. The van der Waals surface area contributed by atoms with Gasteiger partial charge in [-0.2, -0.15) is 0 Å². The molecule has 3 aliphatic rings. The molecule has 134 valence electrons. The average molecular weight is 350 g/mol. The third kappa shape index (κ3) is 2.78. The minimum atomic E-state index is -0.660. The van der Waals surface area contributed by atoms with Crippen LogP contribution >= 0.6 is 0 Å². The third-order valence-corrected chi connectivity index (χ3v) is 4.76. The quantitative estimate of drug-likeness (QED) is 0.623. The Balaban J connectivity index is 0.000000569. The second kappa shape index (κ2) is 6.63. The van der Waals surface area contributed by atoms with E-state index in [1.165, 1.54) is 6.20 Å². The SMILES string of the molecule is O=C(c1c[nH]c(=O)cn1)N1CC[C@@]23OCCCN2C(=O)C[C@@H]13.O=CO. The number of aromatic amines is 1. The Labute approximate surface area is 142 Å². The maximum Gasteiger partial charge on any atom is 0.290 e. The number of carboxylic acid groups (broad SMARTS) is 1. The topological polar surface area (TPSA) is 133 Å². The highest BCUT2D eigenvalue weighted by atomic mass is 16.5. The van der Waals surface area contributed by atoms with Gasteiger partial charge in [-0.05, 0) is 6.42 Å². The van der Waals surface area contributed by atoms with Crippen molar-refractivity contribution in [2.45, 2.75) is 31.0 Å². The molecule has 4 heterocycles. The zero-order chi connectivity index (χ0) is 18.0. The minimum Gasteiger partial charge on any atom is -0.483 e. The first-order chi connectivity index (χ1) is 12.0. The number of carbonyl (C=O) groups is 3. The minimum absolute atomic E-state index is 0.0385. The fraction of sp³-hybridized carbons (Fsp3) is 0.533. The number of H-pyrrole nitrogens is 1. The fourth-order valence-corrected chi connectivity index (χ4v) is 3.80. The van der Waals surface area contributed by atoms with Crippen LogP contribution in [-0.2, 0) is 14.3 Å². The molecule has 3 aliphatic heterocycles. The third-order valence-electron chi connectivity index (χ3n) is 4.76. The molecule has 2 atom stereocenters. The van der Waals surface area contributed by atoms with Crippen LogP contribution in [-0.4, -0.2) is 74.6 Å². The van der Waals surface area contributed by atoms with Gasteiger partial charge in [-0.3, -0.25) is 19.2 Å². The molecule has 10 heteroatoms. The predicted molar refractivity (Wildman–Crippen MR) is 82.6 cm³/mol. The van der Waals surface area contributed by atoms with Gasteiger partial charge in [-0.25, -0.2) is 4.98 Å². The van der Waals surface area contributed by atoms with Gasteiger partial charge < -0.3 is 24.6 Å². The van der Waals surface area contributed by atoms with Gasteiger partial charge in [-0.15, -0.1) is 0 Å². The molecule has 3 saturated heterocycles. The number of ether oxygens (including phenoxy) is 1. The van der Waals surface area contributed by atoms with Crippen LogP contribution in [0.15, 0.2) is 17.2 Å². The summed E-state index contributed by atoms with van der Waals surface area (Å²) in [5, 5.41) is 6.89. The molecule has 10 nitrogen and oxygen atoms in total. The standard InChI is InChI=1S/C14H16N4O4.CH2O2/c19-11-8-15-9(7-16-11)13(21)17-4-2-14-10(17)6-12(20)18(14)3-1-5-22-14;2-1-3/h7-8,10H,1-6H2,(H,16,19);1H,(H,2,3)/t10-,14+;/m1./s1. The van der Waals surface area contributed by atoms with E-state index in [0.29, 0.717) is 26.1 Å². The molecule has 3 fully saturated rings. The van der Waals surface area contributed by atoms with Crippen molar-refractivity contribution < 1.29 is 24.2 Å². The number of nitrogens with zero attached hydrogens (tertiary/aromatic N) is 3. The van der Waals surface area contributed by atoms with Gasteiger partial charge in [0.2, 0.25) is 5.91 Å². The van der Waals surface area contributed by atoms with Crippen molar-refractivity contribution in [3.05, 3.63) is 28.4 Å². The summed E-state index contributed by atoms with van der Waals surface area (Å²) in [5.74, 6) is -0.237. The van der Waals surface area contributed by atoms with Crippen LogP contribution in [0.2, 0.25) is 0 Å². The number of rotatable bonds is 1. The molecule has 4 rings (SSSR count). The molecule has 0 aliphatic carbocycles. The number of hydrogen-bond acceptors (Lipinski definition) is 6. The largest absolute Gasteiger partial charge is 0.483 e. The highest BCUT2D eigenvalue weighted by molar-refractivity contribution is 5.93. The Kier molecular flexibility index (Phi) is 4.53. The van der Waals surface area contributed by atoms with Crippen molar-refractivity contribution in [1.29, 1.82) is 0 Å². The van der Waals surface area contributed by atoms with E-state index >= 15 is 0 Å². The van der Waals surface area contributed by atoms with Crippen molar-refractivity contribution in [1.82, 2.24) is 19.8 Å². The molecular formula is C15H18N4O6. The highest BCUT2D eigenvalue weighted by Gasteiger charge is 2.61. The van der Waals surface area contributed by atoms with Gasteiger partial charge in [0.25, 0.3) is 17.9 Å². The van der Waals surface area contributed by atoms with Crippen molar-refractivity contribution in [2.24, 2.45) is 0 Å². The molecule has 0 saturated carbocycles. The Morgan fingerprint density at radius 1 is 1.44 bits per heavy atom. The molecule has 2 amide bonds. The Hall–Kier alpha value is -2.75. The number of likely N-dealkylation sites (tertiary alicyclic amines) is 1. The van der Waals surface area contributed by atoms with E-state index in [9.17, 15) is 14.4 Å². The van der Waals surface area contributed by atoms with E-state index in [1.807, 2.05) is 0 Å². The maximum atomic E-state index is 12.6. The van der Waals surface area contributed by atoms with Crippen LogP contribution in [0.3, 0.4) is 0 Å². The van der Waals surface area contributed by atoms with Crippen LogP contribution in [0, 0.1) is 0 Å². The molecule has 1 spiro atoms. The average Bonchev–Trinajstić information content (AvgIpc) is 3.08. The van der Waals surface area contributed by atoms with Crippen LogP contribution in [0.25, 0.3) is 0 Å². The Morgan fingerprint density at radius 2 is 2.20 bits per heavy atom. The van der Waals surface area contributed by atoms with Crippen molar-refractivity contribution in [3.63, 3.8) is 0 Å². The van der Waals surface area contributed by atoms with Crippen molar-refractivity contribution >= 4 is 18.3 Å². The van der Waals surface area contributed by atoms with E-state index < -0.39 is 5.72 Å². The first-order valence-electron chi connectivity index (χ1n) is 7.91. The fourth-order valence-electron chi connectivity index (χ4n) is 3.80. The molecule has 1 aromatic rings. The van der Waals surface area contributed by atoms with Gasteiger partial charge in [0.05, 0.1) is 25.3 Å². The second-order valence-electron chi connectivity index (χ2n) is 5.96. The molecule has 0 aromatic carbocycles. The zero-order valence-electron chi connectivity index (χ0n) is 13.4. The van der Waals surface area contributed by atoms with Crippen molar-refractivity contribution in [3.8, 4) is 0 Å². The number of nitrogens with one attached hydrogen (secondary N) is 1. The molecule has 0 radical (unpaired) electrons. The monoisotopic (exact) mass is 350 g/mol. The lowest BCUT2D eigenvalue weighted by atomic mass is 10.0. The van der Waals surface area contributed by atoms with Gasteiger partial charge in [0.1, 0.15) is 5.69 Å². The normalized spacial score (nSPS) is 27.2. The number of aromatic nitrogens is 2. The lowest BCUT2D eigenvalue weighted by Crippen LogP contribution is -2.56. The summed E-state index contributed by atoms with van der Waals surface area (Å²) < 4.78 is 5.95. The molecular weight excluding hydrogens is 332 g/mol. The first kappa shape index (κ1) is 17.1. The Bertz CT molecular complexity index is 729. The number of carbonyl (C=O) groups excluding carboxylic acids is 2. The zero-order valence-corrected chi connectivity index (χ0v) is 13.4. The van der Waals surface area contributed by atoms with E-state index in [1.54, 1.807) is 9.80 Å². The van der Waals surface area contributed by atoms with Crippen LogP contribution in [0.5, 0.6) is 0 Å². The molecule has 0 bridgehead atoms. The van der Waals surface area contributed by atoms with Crippen LogP contribution in [0.4, 0.5) is 0 Å². The summed E-state index contributed by atoms with van der Waals surface area (Å²) in [6.45, 7) is 1.57. The van der Waals surface area contributed by atoms with Gasteiger partial charge >= 0.3 is 0 Å². The maximum absolute atomic E-state index is 12.6. The summed E-state index contributed by atoms with van der Waals surface area (Å²) in [7, 11) is 0. The van der Waals surface area contributed by atoms with Crippen molar-refractivity contribution in [2.75, 3.05) is 19.7 Å². The summed E-state index contributed by atoms with van der Waals surface area (Å²) in [5.41, 5.74) is -0.835. The van der Waals surface area contributed by atoms with Crippen LogP contribution in [0.1, 0.15) is 29.8 Å². The molecule has 0 unspecified atom stereocenters. The van der Waals surface area contributed by atoms with Gasteiger partial charge in [-0.1, -0.05) is 0 Å². The number of amides is 2. The Morgan fingerprint density at radius 3 is 2.88 bits per heavy atom. The lowest BCUT2D eigenvalue weighted by Gasteiger charge is -2.42. The predicted octanol–water partition coefficient (Wildman–Crippen LogP) is -0.966.